The topological polar surface area (TPSA) is 44.8 Å². The maximum atomic E-state index is 11.1. The predicted octanol–water partition coefficient (Wildman–Crippen LogP) is 0.978. The van der Waals surface area contributed by atoms with Gasteiger partial charge in [0, 0.05) is 18.8 Å². The molecular formula is C12H24O4Si. The number of esters is 1. The molecule has 0 spiro atoms. The summed E-state index contributed by atoms with van der Waals surface area (Å²) in [6, 6.07) is 0. The van der Waals surface area contributed by atoms with E-state index in [1.165, 1.54) is 0 Å². The van der Waals surface area contributed by atoms with Crippen LogP contribution in [0.5, 0.6) is 0 Å². The normalized spacial score (nSPS) is 11.5. The Morgan fingerprint density at radius 2 is 1.82 bits per heavy atom. The smallest absolute Gasteiger partial charge is 0.333 e. The van der Waals surface area contributed by atoms with E-state index in [4.69, 9.17) is 14.2 Å². The Labute approximate surface area is 107 Å². The van der Waals surface area contributed by atoms with Crippen molar-refractivity contribution < 1.29 is 19.0 Å². The van der Waals surface area contributed by atoms with Crippen LogP contribution in [-0.2, 0) is 19.0 Å². The zero-order valence-electron chi connectivity index (χ0n) is 11.4. The molecule has 0 unspecified atom stereocenters. The Morgan fingerprint density at radius 1 is 1.29 bits per heavy atom. The Morgan fingerprint density at radius 3 is 2.24 bits per heavy atom. The standard InChI is InChI=1S/C12H24O4Si/c1-5-15-12(17,16-6-2)8-7-9-14-11(13)10(3)4/h3,5-9H2,1-2,4,17H3. The minimum Gasteiger partial charge on any atom is -0.462 e. The van der Waals surface area contributed by atoms with Gasteiger partial charge >= 0.3 is 5.97 Å². The average molecular weight is 260 g/mol. The van der Waals surface area contributed by atoms with Gasteiger partial charge in [-0.3, -0.25) is 0 Å². The maximum absolute atomic E-state index is 11.1. The van der Waals surface area contributed by atoms with Crippen LogP contribution in [0.2, 0.25) is 0 Å². The minimum absolute atomic E-state index is 0.336. The van der Waals surface area contributed by atoms with Crippen molar-refractivity contribution in [2.45, 2.75) is 39.0 Å². The summed E-state index contributed by atoms with van der Waals surface area (Å²) in [6.07, 6.45) is 1.49. The van der Waals surface area contributed by atoms with Gasteiger partial charge in [-0.2, -0.15) is 0 Å². The number of carbonyl (C=O) groups excluding carboxylic acids is 1. The van der Waals surface area contributed by atoms with Crippen molar-refractivity contribution >= 4 is 16.2 Å². The third kappa shape index (κ3) is 7.30. The molecule has 0 atom stereocenters. The first-order valence-electron chi connectivity index (χ1n) is 6.05. The van der Waals surface area contributed by atoms with Crippen molar-refractivity contribution in [1.82, 2.24) is 0 Å². The maximum Gasteiger partial charge on any atom is 0.333 e. The highest BCUT2D eigenvalue weighted by Crippen LogP contribution is 2.16. The summed E-state index contributed by atoms with van der Waals surface area (Å²) in [5.74, 6) is -0.336. The third-order valence-electron chi connectivity index (χ3n) is 2.26. The molecule has 0 saturated heterocycles. The van der Waals surface area contributed by atoms with E-state index in [0.29, 0.717) is 25.4 Å². The van der Waals surface area contributed by atoms with E-state index >= 15 is 0 Å². The number of ether oxygens (including phenoxy) is 3. The molecule has 100 valence electrons. The van der Waals surface area contributed by atoms with Crippen LogP contribution in [-0.4, -0.2) is 41.4 Å². The molecule has 0 N–H and O–H groups in total. The fraction of sp³-hybridized carbons (Fsp3) is 0.750. The second-order valence-corrected chi connectivity index (χ2v) is 5.54. The molecule has 0 saturated carbocycles. The van der Waals surface area contributed by atoms with Crippen LogP contribution in [0.1, 0.15) is 33.6 Å². The molecule has 0 rings (SSSR count). The average Bonchev–Trinajstić information content (AvgIpc) is 2.24. The van der Waals surface area contributed by atoms with Gasteiger partial charge in [-0.1, -0.05) is 6.58 Å². The molecule has 5 heteroatoms. The molecular weight excluding hydrogens is 236 g/mol. The van der Waals surface area contributed by atoms with Crippen molar-refractivity contribution in [2.75, 3.05) is 19.8 Å². The molecule has 0 aliphatic carbocycles. The van der Waals surface area contributed by atoms with Crippen LogP contribution in [0, 0.1) is 0 Å². The number of hydrogen-bond donors (Lipinski definition) is 0. The Bertz CT molecular complexity index is 247. The fourth-order valence-corrected chi connectivity index (χ4v) is 2.41. The third-order valence-corrected chi connectivity index (χ3v) is 3.33. The van der Waals surface area contributed by atoms with Gasteiger partial charge < -0.3 is 14.2 Å². The first-order chi connectivity index (χ1) is 7.95. The van der Waals surface area contributed by atoms with E-state index in [2.05, 4.69) is 6.58 Å². The first-order valence-corrected chi connectivity index (χ1v) is 7.05. The molecule has 0 aromatic carbocycles. The summed E-state index contributed by atoms with van der Waals surface area (Å²) in [5.41, 5.74) is -0.0178. The van der Waals surface area contributed by atoms with Gasteiger partial charge in [0.25, 0.3) is 0 Å². The molecule has 0 aromatic heterocycles. The molecule has 0 heterocycles. The molecule has 0 bridgehead atoms. The molecule has 17 heavy (non-hydrogen) atoms. The van der Waals surface area contributed by atoms with Gasteiger partial charge in [-0.15, -0.1) is 0 Å². The van der Waals surface area contributed by atoms with Crippen LogP contribution in [0.4, 0.5) is 0 Å². The van der Waals surface area contributed by atoms with Crippen LogP contribution >= 0.6 is 0 Å². The van der Waals surface area contributed by atoms with Crippen LogP contribution < -0.4 is 0 Å². The van der Waals surface area contributed by atoms with E-state index in [-0.39, 0.29) is 5.97 Å². The summed E-state index contributed by atoms with van der Waals surface area (Å²) in [5, 5.41) is 0. The largest absolute Gasteiger partial charge is 0.462 e. The van der Waals surface area contributed by atoms with Crippen molar-refractivity contribution in [2.24, 2.45) is 0 Å². The van der Waals surface area contributed by atoms with Crippen LogP contribution in [0.3, 0.4) is 0 Å². The lowest BCUT2D eigenvalue weighted by Gasteiger charge is -2.29. The second-order valence-electron chi connectivity index (χ2n) is 4.02. The molecule has 4 nitrogen and oxygen atoms in total. The highest BCUT2D eigenvalue weighted by molar-refractivity contribution is 6.13. The minimum atomic E-state index is -0.445. The van der Waals surface area contributed by atoms with Gasteiger partial charge in [0.2, 0.25) is 0 Å². The lowest BCUT2D eigenvalue weighted by Crippen LogP contribution is -2.37. The zero-order chi connectivity index (χ0) is 13.3. The lowest BCUT2D eigenvalue weighted by molar-refractivity contribution is -0.179. The van der Waals surface area contributed by atoms with Gasteiger partial charge in [-0.05, 0) is 33.6 Å². The van der Waals surface area contributed by atoms with Gasteiger partial charge in [0.15, 0.2) is 0 Å². The first kappa shape index (κ1) is 16.3. The second kappa shape index (κ2) is 8.44. The van der Waals surface area contributed by atoms with E-state index in [1.807, 2.05) is 13.8 Å². The molecule has 0 aliphatic rings. The van der Waals surface area contributed by atoms with Crippen molar-refractivity contribution in [1.29, 1.82) is 0 Å². The molecule has 0 radical (unpaired) electrons. The number of hydrogen-bond acceptors (Lipinski definition) is 4. The monoisotopic (exact) mass is 260 g/mol. The van der Waals surface area contributed by atoms with Crippen molar-refractivity contribution in [3.8, 4) is 0 Å². The summed E-state index contributed by atoms with van der Waals surface area (Å²) in [7, 11) is 0.795. The lowest BCUT2D eigenvalue weighted by atomic mass is 10.3. The van der Waals surface area contributed by atoms with Crippen molar-refractivity contribution in [3.05, 3.63) is 12.2 Å². The highest BCUT2D eigenvalue weighted by Gasteiger charge is 2.23. The van der Waals surface area contributed by atoms with E-state index < -0.39 is 5.41 Å². The Hall–Kier alpha value is -0.653. The predicted molar refractivity (Wildman–Crippen MR) is 70.9 cm³/mol. The Balaban J connectivity index is 3.90. The SMILES string of the molecule is C=C(C)C(=O)OCCCC([SiH3])(OCC)OCC. The summed E-state index contributed by atoms with van der Waals surface area (Å²) < 4.78 is 16.2. The van der Waals surface area contributed by atoms with Gasteiger partial charge in [0.1, 0.15) is 5.41 Å². The van der Waals surface area contributed by atoms with E-state index in [9.17, 15) is 4.79 Å². The quantitative estimate of drug-likeness (QED) is 0.204. The van der Waals surface area contributed by atoms with Gasteiger partial charge in [-0.25, -0.2) is 4.79 Å². The molecule has 0 amide bonds. The van der Waals surface area contributed by atoms with Crippen molar-refractivity contribution in [3.63, 3.8) is 0 Å². The number of rotatable bonds is 9. The summed E-state index contributed by atoms with van der Waals surface area (Å²) in [4.78, 5) is 11.1. The summed E-state index contributed by atoms with van der Waals surface area (Å²) in [6.45, 7) is 10.7. The Kier molecular flexibility index (Phi) is 8.12. The molecule has 0 fully saturated rings. The fourth-order valence-electron chi connectivity index (χ4n) is 1.48. The van der Waals surface area contributed by atoms with Gasteiger partial charge in [0.05, 0.1) is 16.8 Å². The van der Waals surface area contributed by atoms with Crippen LogP contribution in [0.25, 0.3) is 0 Å². The zero-order valence-corrected chi connectivity index (χ0v) is 13.4. The highest BCUT2D eigenvalue weighted by atomic mass is 28.1. The van der Waals surface area contributed by atoms with Crippen LogP contribution in [0.15, 0.2) is 12.2 Å². The summed E-state index contributed by atoms with van der Waals surface area (Å²) >= 11 is 0. The van der Waals surface area contributed by atoms with E-state index in [1.54, 1.807) is 6.92 Å². The number of carbonyl (C=O) groups is 1. The van der Waals surface area contributed by atoms with E-state index in [0.717, 1.165) is 23.1 Å². The molecule has 0 aliphatic heterocycles. The molecule has 0 aromatic rings.